The highest BCUT2D eigenvalue weighted by molar-refractivity contribution is 9.10. The first-order valence-corrected chi connectivity index (χ1v) is 6.79. The highest BCUT2D eigenvalue weighted by Crippen LogP contribution is 2.27. The van der Waals surface area contributed by atoms with E-state index in [0.29, 0.717) is 6.42 Å². The first-order valence-electron chi connectivity index (χ1n) is 5.12. The van der Waals surface area contributed by atoms with Crippen LogP contribution in [0.5, 0.6) is 0 Å². The predicted octanol–water partition coefficient (Wildman–Crippen LogP) is 3.00. The Morgan fingerprint density at radius 2 is 2.44 bits per heavy atom. The molecule has 2 aromatic rings. The second kappa shape index (κ2) is 5.12. The van der Waals surface area contributed by atoms with Gasteiger partial charge in [-0.05, 0) is 34.5 Å². The number of thiophene rings is 1. The Balaban J connectivity index is 2.04. The molecule has 1 N–H and O–H groups in total. The van der Waals surface area contributed by atoms with Crippen LogP contribution in [0.3, 0.4) is 0 Å². The normalized spacial score (nSPS) is 12.9. The van der Waals surface area contributed by atoms with Crippen LogP contribution < -0.4 is 0 Å². The zero-order valence-electron chi connectivity index (χ0n) is 8.93. The molecule has 1 atom stereocenters. The quantitative estimate of drug-likeness (QED) is 0.942. The summed E-state index contributed by atoms with van der Waals surface area (Å²) in [5, 5.41) is 16.2. The SMILES string of the molecule is CCn1cc(CC(O)c2cc(Br)cs2)cn1. The molecule has 0 radical (unpaired) electrons. The Morgan fingerprint density at radius 1 is 1.62 bits per heavy atom. The molecule has 1 unspecified atom stereocenters. The molecule has 2 rings (SSSR count). The van der Waals surface area contributed by atoms with Crippen LogP contribution in [-0.4, -0.2) is 14.9 Å². The van der Waals surface area contributed by atoms with Gasteiger partial charge in [-0.25, -0.2) is 0 Å². The van der Waals surface area contributed by atoms with Crippen molar-refractivity contribution in [3.63, 3.8) is 0 Å². The van der Waals surface area contributed by atoms with Crippen molar-refractivity contribution in [3.8, 4) is 0 Å². The topological polar surface area (TPSA) is 38.0 Å². The van der Waals surface area contributed by atoms with Crippen molar-refractivity contribution < 1.29 is 5.11 Å². The highest BCUT2D eigenvalue weighted by atomic mass is 79.9. The van der Waals surface area contributed by atoms with Crippen LogP contribution in [0.2, 0.25) is 0 Å². The number of aliphatic hydroxyl groups is 1. The molecule has 0 saturated heterocycles. The minimum absolute atomic E-state index is 0.439. The molecule has 0 saturated carbocycles. The van der Waals surface area contributed by atoms with Crippen LogP contribution in [0.15, 0.2) is 28.3 Å². The van der Waals surface area contributed by atoms with E-state index in [0.717, 1.165) is 21.5 Å². The Morgan fingerprint density at radius 3 is 3.00 bits per heavy atom. The first kappa shape index (κ1) is 11.8. The third-order valence-corrected chi connectivity index (χ3v) is 4.15. The number of halogens is 1. The second-order valence-corrected chi connectivity index (χ2v) is 5.45. The average Bonchev–Trinajstić information content (AvgIpc) is 2.87. The number of aromatic nitrogens is 2. The fraction of sp³-hybridized carbons (Fsp3) is 0.364. The number of rotatable bonds is 4. The molecule has 0 fully saturated rings. The van der Waals surface area contributed by atoms with E-state index in [9.17, 15) is 5.11 Å². The molecular formula is C11H13BrN2OS. The van der Waals surface area contributed by atoms with Gasteiger partial charge in [-0.2, -0.15) is 5.10 Å². The van der Waals surface area contributed by atoms with Crippen molar-refractivity contribution in [1.29, 1.82) is 0 Å². The molecule has 0 spiro atoms. The van der Waals surface area contributed by atoms with Gasteiger partial charge in [-0.1, -0.05) is 0 Å². The number of hydrogen-bond donors (Lipinski definition) is 1. The Hall–Kier alpha value is -0.650. The molecule has 0 bridgehead atoms. The van der Waals surface area contributed by atoms with Crippen molar-refractivity contribution in [2.24, 2.45) is 0 Å². The molecule has 16 heavy (non-hydrogen) atoms. The summed E-state index contributed by atoms with van der Waals surface area (Å²) in [6.45, 7) is 2.91. The minimum atomic E-state index is -0.439. The Labute approximate surface area is 107 Å². The zero-order chi connectivity index (χ0) is 11.5. The van der Waals surface area contributed by atoms with Crippen LogP contribution in [0, 0.1) is 0 Å². The lowest BCUT2D eigenvalue weighted by Gasteiger charge is -2.05. The Kier molecular flexibility index (Phi) is 3.78. The van der Waals surface area contributed by atoms with E-state index in [1.165, 1.54) is 0 Å². The maximum Gasteiger partial charge on any atom is 0.0923 e. The molecule has 0 aliphatic rings. The van der Waals surface area contributed by atoms with Crippen molar-refractivity contribution in [2.45, 2.75) is 26.0 Å². The van der Waals surface area contributed by atoms with Crippen LogP contribution in [0.1, 0.15) is 23.5 Å². The zero-order valence-corrected chi connectivity index (χ0v) is 11.3. The van der Waals surface area contributed by atoms with E-state index in [1.807, 2.05) is 35.4 Å². The summed E-state index contributed by atoms with van der Waals surface area (Å²) in [5.41, 5.74) is 1.07. The van der Waals surface area contributed by atoms with E-state index in [2.05, 4.69) is 21.0 Å². The maximum absolute atomic E-state index is 10.0. The average molecular weight is 301 g/mol. The fourth-order valence-corrected chi connectivity index (χ4v) is 2.94. The Bertz CT molecular complexity index is 466. The largest absolute Gasteiger partial charge is 0.387 e. The minimum Gasteiger partial charge on any atom is -0.387 e. The van der Waals surface area contributed by atoms with Gasteiger partial charge in [-0.15, -0.1) is 11.3 Å². The van der Waals surface area contributed by atoms with Gasteiger partial charge < -0.3 is 5.11 Å². The number of aliphatic hydroxyl groups excluding tert-OH is 1. The lowest BCUT2D eigenvalue weighted by Crippen LogP contribution is -1.98. The molecule has 2 aromatic heterocycles. The maximum atomic E-state index is 10.0. The summed E-state index contributed by atoms with van der Waals surface area (Å²) < 4.78 is 2.89. The van der Waals surface area contributed by atoms with Gasteiger partial charge in [0.15, 0.2) is 0 Å². The van der Waals surface area contributed by atoms with Gasteiger partial charge in [0.05, 0.1) is 12.3 Å². The summed E-state index contributed by atoms with van der Waals surface area (Å²) in [5.74, 6) is 0. The van der Waals surface area contributed by atoms with Gasteiger partial charge in [0, 0.05) is 33.9 Å². The molecular weight excluding hydrogens is 288 g/mol. The van der Waals surface area contributed by atoms with E-state index in [4.69, 9.17) is 0 Å². The summed E-state index contributed by atoms with van der Waals surface area (Å²) >= 11 is 4.95. The second-order valence-electron chi connectivity index (χ2n) is 3.59. The number of nitrogens with zero attached hydrogens (tertiary/aromatic N) is 2. The van der Waals surface area contributed by atoms with Gasteiger partial charge in [0.25, 0.3) is 0 Å². The summed E-state index contributed by atoms with van der Waals surface area (Å²) in [7, 11) is 0. The van der Waals surface area contributed by atoms with Crippen molar-refractivity contribution in [3.05, 3.63) is 38.8 Å². The summed E-state index contributed by atoms with van der Waals surface area (Å²) in [6, 6.07) is 1.96. The third kappa shape index (κ3) is 2.72. The van der Waals surface area contributed by atoms with E-state index < -0.39 is 6.10 Å². The smallest absolute Gasteiger partial charge is 0.0923 e. The standard InChI is InChI=1S/C11H13BrN2OS/c1-2-14-6-8(5-13-14)3-10(15)11-4-9(12)7-16-11/h4-7,10,15H,2-3H2,1H3. The number of aryl methyl sites for hydroxylation is 1. The number of hydrogen-bond acceptors (Lipinski definition) is 3. The molecule has 2 heterocycles. The molecule has 0 aliphatic carbocycles. The van der Waals surface area contributed by atoms with Crippen LogP contribution in [0.25, 0.3) is 0 Å². The van der Waals surface area contributed by atoms with Gasteiger partial charge in [0.2, 0.25) is 0 Å². The molecule has 0 aromatic carbocycles. The lowest BCUT2D eigenvalue weighted by atomic mass is 10.1. The lowest BCUT2D eigenvalue weighted by molar-refractivity contribution is 0.182. The molecule has 0 aliphatic heterocycles. The van der Waals surface area contributed by atoms with Crippen LogP contribution in [-0.2, 0) is 13.0 Å². The van der Waals surface area contributed by atoms with E-state index in [1.54, 1.807) is 11.3 Å². The van der Waals surface area contributed by atoms with E-state index in [-0.39, 0.29) is 0 Å². The monoisotopic (exact) mass is 300 g/mol. The summed E-state index contributed by atoms with van der Waals surface area (Å²) in [4.78, 5) is 0.983. The van der Waals surface area contributed by atoms with Gasteiger partial charge in [0.1, 0.15) is 0 Å². The predicted molar refractivity (Wildman–Crippen MR) is 68.6 cm³/mol. The van der Waals surface area contributed by atoms with Crippen LogP contribution >= 0.6 is 27.3 Å². The molecule has 3 nitrogen and oxygen atoms in total. The van der Waals surface area contributed by atoms with E-state index >= 15 is 0 Å². The first-order chi connectivity index (χ1) is 7.69. The van der Waals surface area contributed by atoms with Crippen LogP contribution in [0.4, 0.5) is 0 Å². The van der Waals surface area contributed by atoms with Crippen molar-refractivity contribution >= 4 is 27.3 Å². The van der Waals surface area contributed by atoms with Gasteiger partial charge in [-0.3, -0.25) is 4.68 Å². The van der Waals surface area contributed by atoms with Crippen molar-refractivity contribution in [1.82, 2.24) is 9.78 Å². The van der Waals surface area contributed by atoms with Crippen molar-refractivity contribution in [2.75, 3.05) is 0 Å². The molecule has 0 amide bonds. The molecule has 5 heteroatoms. The molecule has 86 valence electrons. The fourth-order valence-electron chi connectivity index (χ4n) is 1.51. The summed E-state index contributed by atoms with van der Waals surface area (Å²) in [6.07, 6.45) is 3.97. The van der Waals surface area contributed by atoms with Gasteiger partial charge >= 0.3 is 0 Å². The highest BCUT2D eigenvalue weighted by Gasteiger charge is 2.11. The third-order valence-electron chi connectivity index (χ3n) is 2.36.